The number of hydrogen-bond acceptors (Lipinski definition) is 4. The third kappa shape index (κ3) is 7.04. The Bertz CT molecular complexity index is 469. The Labute approximate surface area is 131 Å². The van der Waals surface area contributed by atoms with Crippen LogP contribution < -0.4 is 23.0 Å². The molecule has 1 atom stereocenters. The van der Waals surface area contributed by atoms with Crippen molar-refractivity contribution in [3.05, 3.63) is 34.8 Å². The van der Waals surface area contributed by atoms with Crippen molar-refractivity contribution in [1.29, 1.82) is 5.39 Å². The van der Waals surface area contributed by atoms with Gasteiger partial charge < -0.3 is 27.9 Å². The standard InChI is InChI=1S/C14H21N5O.ClH/c1-16-13(8-9-19(2)3)10-17-14(20)11-4-6-12(18-15)7-5-11;/h4-7,13,16H,8-10H2,1-3H3;1H. The van der Waals surface area contributed by atoms with Crippen LogP contribution in [0.3, 0.4) is 0 Å². The Morgan fingerprint density at radius 2 is 1.95 bits per heavy atom. The molecule has 1 amide bonds. The SMILES string of the molecule is CNC(CCN(C)C)CNC(=O)c1ccc([N+]#N)cc1.[Cl-]. The van der Waals surface area contributed by atoms with Gasteiger partial charge in [-0.05, 0) is 46.2 Å². The molecule has 0 heterocycles. The lowest BCUT2D eigenvalue weighted by Gasteiger charge is -2.19. The summed E-state index contributed by atoms with van der Waals surface area (Å²) in [6, 6.07) is 6.71. The van der Waals surface area contributed by atoms with Crippen LogP contribution in [-0.4, -0.2) is 51.1 Å². The maximum absolute atomic E-state index is 12.0. The van der Waals surface area contributed by atoms with Crippen LogP contribution in [0.4, 0.5) is 5.69 Å². The molecule has 1 aromatic rings. The molecule has 0 aliphatic carbocycles. The summed E-state index contributed by atoms with van der Waals surface area (Å²) in [6.07, 6.45) is 0.964. The summed E-state index contributed by atoms with van der Waals surface area (Å²) in [6.45, 7) is 1.55. The number of hydrogen-bond donors (Lipinski definition) is 2. The molecular formula is C14H22ClN5O. The first-order valence-electron chi connectivity index (χ1n) is 6.62. The molecule has 2 N–H and O–H groups in total. The summed E-state index contributed by atoms with van der Waals surface area (Å²) < 4.78 is 0. The fraction of sp³-hybridized carbons (Fsp3) is 0.500. The van der Waals surface area contributed by atoms with E-state index in [-0.39, 0.29) is 24.4 Å². The number of rotatable bonds is 7. The van der Waals surface area contributed by atoms with Crippen molar-refractivity contribution in [2.75, 3.05) is 34.2 Å². The zero-order chi connectivity index (χ0) is 15.0. The van der Waals surface area contributed by atoms with E-state index in [1.807, 2.05) is 21.1 Å². The minimum atomic E-state index is -0.125. The van der Waals surface area contributed by atoms with Gasteiger partial charge >= 0.3 is 5.69 Å². The third-order valence-electron chi connectivity index (χ3n) is 3.09. The van der Waals surface area contributed by atoms with Gasteiger partial charge in [-0.1, -0.05) is 0 Å². The summed E-state index contributed by atoms with van der Waals surface area (Å²) >= 11 is 0. The number of halogens is 1. The van der Waals surface area contributed by atoms with Gasteiger partial charge in [0.2, 0.25) is 5.39 Å². The molecule has 0 aliphatic heterocycles. The van der Waals surface area contributed by atoms with E-state index in [0.29, 0.717) is 17.8 Å². The largest absolute Gasteiger partial charge is 1.00 e. The number of likely N-dealkylation sites (N-methyl/N-ethyl adjacent to an activating group) is 1. The molecule has 0 aromatic heterocycles. The molecule has 0 spiro atoms. The number of diazo groups is 1. The van der Waals surface area contributed by atoms with Gasteiger partial charge in [0.05, 0.1) is 0 Å². The van der Waals surface area contributed by atoms with E-state index in [1.165, 1.54) is 0 Å². The first-order valence-corrected chi connectivity index (χ1v) is 6.62. The Hall–Kier alpha value is -1.68. The summed E-state index contributed by atoms with van der Waals surface area (Å²) in [4.78, 5) is 17.1. The maximum atomic E-state index is 12.0. The molecule has 0 saturated carbocycles. The molecule has 7 heteroatoms. The summed E-state index contributed by atoms with van der Waals surface area (Å²) in [5.41, 5.74) is 0.987. The summed E-state index contributed by atoms with van der Waals surface area (Å²) in [7, 11) is 5.95. The highest BCUT2D eigenvalue weighted by Crippen LogP contribution is 2.12. The van der Waals surface area contributed by atoms with E-state index in [1.54, 1.807) is 24.3 Å². The lowest BCUT2D eigenvalue weighted by atomic mass is 10.1. The molecule has 0 saturated heterocycles. The van der Waals surface area contributed by atoms with Gasteiger partial charge in [-0.3, -0.25) is 4.79 Å². The first kappa shape index (κ1) is 19.3. The van der Waals surface area contributed by atoms with Crippen molar-refractivity contribution in [1.82, 2.24) is 15.5 Å². The van der Waals surface area contributed by atoms with Gasteiger partial charge in [-0.25, -0.2) is 0 Å². The van der Waals surface area contributed by atoms with Crippen LogP contribution in [0.1, 0.15) is 16.8 Å². The van der Waals surface area contributed by atoms with Gasteiger partial charge in [-0.2, -0.15) is 0 Å². The fourth-order valence-electron chi connectivity index (χ4n) is 1.76. The Morgan fingerprint density at radius 1 is 1.33 bits per heavy atom. The van der Waals surface area contributed by atoms with Crippen molar-refractivity contribution in [3.63, 3.8) is 0 Å². The minimum Gasteiger partial charge on any atom is -1.00 e. The molecule has 21 heavy (non-hydrogen) atoms. The van der Waals surface area contributed by atoms with Crippen molar-refractivity contribution >= 4 is 11.6 Å². The van der Waals surface area contributed by atoms with Crippen LogP contribution in [0.5, 0.6) is 0 Å². The zero-order valence-electron chi connectivity index (χ0n) is 12.6. The van der Waals surface area contributed by atoms with Gasteiger partial charge in [0.25, 0.3) is 5.91 Å². The molecule has 0 aliphatic rings. The number of benzene rings is 1. The molecular weight excluding hydrogens is 290 g/mol. The average Bonchev–Trinajstić information content (AvgIpc) is 2.47. The smallest absolute Gasteiger partial charge is 0.385 e. The van der Waals surface area contributed by atoms with E-state index in [4.69, 9.17) is 5.39 Å². The second-order valence-electron chi connectivity index (χ2n) is 4.93. The molecule has 116 valence electrons. The van der Waals surface area contributed by atoms with Crippen LogP contribution in [-0.2, 0) is 0 Å². The van der Waals surface area contributed by atoms with Gasteiger partial charge in [0, 0.05) is 30.3 Å². The van der Waals surface area contributed by atoms with Crippen molar-refractivity contribution in [3.8, 4) is 0 Å². The van der Waals surface area contributed by atoms with Crippen molar-refractivity contribution in [2.45, 2.75) is 12.5 Å². The number of amides is 1. The number of carbonyl (C=O) groups is 1. The second-order valence-corrected chi connectivity index (χ2v) is 4.93. The van der Waals surface area contributed by atoms with Gasteiger partial charge in [-0.15, -0.1) is 0 Å². The minimum absolute atomic E-state index is 0. The fourth-order valence-corrected chi connectivity index (χ4v) is 1.76. The van der Waals surface area contributed by atoms with E-state index in [2.05, 4.69) is 20.5 Å². The molecule has 0 radical (unpaired) electrons. The lowest BCUT2D eigenvalue weighted by Crippen LogP contribution is -3.00. The maximum Gasteiger partial charge on any atom is 0.385 e. The molecule has 1 rings (SSSR count). The van der Waals surface area contributed by atoms with Crippen LogP contribution in [0.15, 0.2) is 24.3 Å². The summed E-state index contributed by atoms with van der Waals surface area (Å²) in [5.74, 6) is -0.125. The van der Waals surface area contributed by atoms with Crippen LogP contribution in [0.25, 0.3) is 4.98 Å². The van der Waals surface area contributed by atoms with E-state index in [9.17, 15) is 4.79 Å². The number of nitrogens with one attached hydrogen (secondary N) is 2. The van der Waals surface area contributed by atoms with Crippen LogP contribution in [0, 0.1) is 5.39 Å². The molecule has 1 unspecified atom stereocenters. The van der Waals surface area contributed by atoms with Crippen LogP contribution in [0.2, 0.25) is 0 Å². The molecule has 0 fully saturated rings. The van der Waals surface area contributed by atoms with E-state index < -0.39 is 0 Å². The Morgan fingerprint density at radius 3 is 2.43 bits per heavy atom. The monoisotopic (exact) mass is 311 g/mol. The van der Waals surface area contributed by atoms with Crippen LogP contribution >= 0.6 is 0 Å². The quantitative estimate of drug-likeness (QED) is 0.598. The first-order chi connectivity index (χ1) is 9.56. The van der Waals surface area contributed by atoms with Gasteiger partial charge in [0.15, 0.2) is 4.98 Å². The van der Waals surface area contributed by atoms with Crippen molar-refractivity contribution < 1.29 is 17.2 Å². The Balaban J connectivity index is 0.00000400. The third-order valence-corrected chi connectivity index (χ3v) is 3.09. The van der Waals surface area contributed by atoms with Gasteiger partial charge in [0.1, 0.15) is 0 Å². The second kappa shape index (κ2) is 10.1. The molecule has 0 bridgehead atoms. The number of nitrogens with zero attached hydrogens (tertiary/aromatic N) is 3. The van der Waals surface area contributed by atoms with E-state index in [0.717, 1.165) is 13.0 Å². The van der Waals surface area contributed by atoms with E-state index >= 15 is 0 Å². The average molecular weight is 312 g/mol. The molecule has 6 nitrogen and oxygen atoms in total. The van der Waals surface area contributed by atoms with Crippen molar-refractivity contribution in [2.24, 2.45) is 0 Å². The normalized spacial score (nSPS) is 11.4. The predicted molar refractivity (Wildman–Crippen MR) is 79.5 cm³/mol. The highest BCUT2D eigenvalue weighted by Gasteiger charge is 2.11. The zero-order valence-corrected chi connectivity index (χ0v) is 13.4. The Kier molecular flexibility index (Phi) is 9.30. The predicted octanol–water partition coefficient (Wildman–Crippen LogP) is -1.56. The number of carbonyl (C=O) groups excluding carboxylic acids is 1. The highest BCUT2D eigenvalue weighted by molar-refractivity contribution is 5.94. The lowest BCUT2D eigenvalue weighted by molar-refractivity contribution is -0.0000128. The summed E-state index contributed by atoms with van der Waals surface area (Å²) in [5, 5.41) is 14.7. The molecule has 1 aromatic carbocycles. The topological polar surface area (TPSA) is 72.5 Å². The highest BCUT2D eigenvalue weighted by atomic mass is 35.5.